The lowest BCUT2D eigenvalue weighted by Gasteiger charge is -2.42. The highest BCUT2D eigenvalue weighted by Crippen LogP contribution is 2.37. The average molecular weight is 381 g/mol. The Labute approximate surface area is 156 Å². The summed E-state index contributed by atoms with van der Waals surface area (Å²) in [5.41, 5.74) is 1.50. The van der Waals surface area contributed by atoms with Crippen LogP contribution in [0.1, 0.15) is 24.0 Å². The average Bonchev–Trinajstić information content (AvgIpc) is 2.85. The van der Waals surface area contributed by atoms with Crippen LogP contribution in [0.15, 0.2) is 48.5 Å². The minimum Gasteiger partial charge on any atom is -0.363 e. The van der Waals surface area contributed by atoms with Gasteiger partial charge in [0.25, 0.3) is 0 Å². The molecule has 0 spiro atoms. The van der Waals surface area contributed by atoms with E-state index in [2.05, 4.69) is 15.9 Å². The summed E-state index contributed by atoms with van der Waals surface area (Å²) in [7, 11) is 0. The first-order valence-electron chi connectivity index (χ1n) is 8.82. The molecule has 26 heavy (non-hydrogen) atoms. The van der Waals surface area contributed by atoms with E-state index in [1.165, 1.54) is 17.7 Å². The molecule has 6 heteroatoms. The van der Waals surface area contributed by atoms with Crippen molar-refractivity contribution in [2.75, 3.05) is 18.0 Å². The van der Waals surface area contributed by atoms with Crippen LogP contribution in [-0.4, -0.2) is 30.1 Å². The van der Waals surface area contributed by atoms with E-state index in [4.69, 9.17) is 11.6 Å². The first-order valence-corrected chi connectivity index (χ1v) is 9.20. The second-order valence-corrected chi connectivity index (χ2v) is 7.60. The summed E-state index contributed by atoms with van der Waals surface area (Å²) in [5.74, 6) is 0. The molecule has 2 atom stereocenters. The van der Waals surface area contributed by atoms with E-state index in [1.807, 2.05) is 18.2 Å². The first kappa shape index (κ1) is 17.7. The van der Waals surface area contributed by atoms with Crippen molar-refractivity contribution < 1.29 is 13.2 Å². The Hall–Kier alpha value is -1.72. The highest BCUT2D eigenvalue weighted by atomic mass is 35.5. The van der Waals surface area contributed by atoms with Gasteiger partial charge in [0.05, 0.1) is 5.56 Å². The van der Waals surface area contributed by atoms with Gasteiger partial charge in [0.1, 0.15) is 0 Å². The second-order valence-electron chi connectivity index (χ2n) is 7.16. The molecule has 2 bridgehead atoms. The largest absolute Gasteiger partial charge is 0.416 e. The molecule has 2 unspecified atom stereocenters. The summed E-state index contributed by atoms with van der Waals surface area (Å²) in [6, 6.07) is 14.2. The van der Waals surface area contributed by atoms with Gasteiger partial charge in [0.2, 0.25) is 0 Å². The Morgan fingerprint density at radius 2 is 1.62 bits per heavy atom. The zero-order chi connectivity index (χ0) is 18.3. The fourth-order valence-electron chi connectivity index (χ4n) is 4.26. The van der Waals surface area contributed by atoms with Crippen molar-refractivity contribution in [3.05, 3.63) is 64.7 Å². The van der Waals surface area contributed by atoms with E-state index in [0.717, 1.165) is 43.2 Å². The molecular weight excluding hydrogens is 361 g/mol. The maximum Gasteiger partial charge on any atom is 0.416 e. The second kappa shape index (κ2) is 6.78. The lowest BCUT2D eigenvalue weighted by Crippen LogP contribution is -2.53. The minimum atomic E-state index is -4.28. The third kappa shape index (κ3) is 3.55. The molecule has 2 nitrogen and oxygen atoms in total. The number of piperazine rings is 1. The zero-order valence-electron chi connectivity index (χ0n) is 14.2. The number of anilines is 1. The van der Waals surface area contributed by atoms with Crippen LogP contribution in [0.5, 0.6) is 0 Å². The predicted molar refractivity (Wildman–Crippen MR) is 97.5 cm³/mol. The van der Waals surface area contributed by atoms with Crippen LogP contribution in [0.25, 0.3) is 0 Å². The lowest BCUT2D eigenvalue weighted by atomic mass is 10.1. The van der Waals surface area contributed by atoms with Crippen LogP contribution in [-0.2, 0) is 12.7 Å². The molecule has 2 aromatic carbocycles. The van der Waals surface area contributed by atoms with Gasteiger partial charge in [-0.3, -0.25) is 4.90 Å². The molecular formula is C20H20ClF3N2. The van der Waals surface area contributed by atoms with E-state index >= 15 is 0 Å². The molecule has 2 aliphatic heterocycles. The van der Waals surface area contributed by atoms with E-state index < -0.39 is 11.7 Å². The Morgan fingerprint density at radius 1 is 0.962 bits per heavy atom. The van der Waals surface area contributed by atoms with E-state index in [9.17, 15) is 13.2 Å². The van der Waals surface area contributed by atoms with Crippen molar-refractivity contribution in [3.8, 4) is 0 Å². The van der Waals surface area contributed by atoms with E-state index in [1.54, 1.807) is 12.1 Å². The van der Waals surface area contributed by atoms with Crippen molar-refractivity contribution in [2.24, 2.45) is 0 Å². The van der Waals surface area contributed by atoms with Gasteiger partial charge >= 0.3 is 6.18 Å². The zero-order valence-corrected chi connectivity index (χ0v) is 15.0. The van der Waals surface area contributed by atoms with Crippen LogP contribution in [0.4, 0.5) is 18.9 Å². The maximum atomic E-state index is 12.8. The van der Waals surface area contributed by atoms with E-state index in [0.29, 0.717) is 12.1 Å². The molecule has 2 aromatic rings. The van der Waals surface area contributed by atoms with Crippen molar-refractivity contribution in [1.29, 1.82) is 0 Å². The van der Waals surface area contributed by atoms with Gasteiger partial charge in [-0.1, -0.05) is 23.7 Å². The third-order valence-electron chi connectivity index (χ3n) is 5.35. The van der Waals surface area contributed by atoms with Crippen LogP contribution in [0.3, 0.4) is 0 Å². The number of rotatable bonds is 3. The summed E-state index contributed by atoms with van der Waals surface area (Å²) in [5, 5.41) is 0.744. The van der Waals surface area contributed by atoms with Crippen molar-refractivity contribution in [2.45, 2.75) is 37.6 Å². The van der Waals surface area contributed by atoms with Gasteiger partial charge < -0.3 is 4.90 Å². The van der Waals surface area contributed by atoms with Crippen molar-refractivity contribution in [1.82, 2.24) is 4.90 Å². The van der Waals surface area contributed by atoms with Gasteiger partial charge in [0, 0.05) is 42.4 Å². The Kier molecular flexibility index (Phi) is 4.61. The molecule has 0 aromatic heterocycles. The molecule has 2 saturated heterocycles. The molecule has 2 aliphatic rings. The molecule has 2 heterocycles. The normalized spacial score (nSPS) is 23.5. The number of fused-ring (bicyclic) bond motifs is 2. The topological polar surface area (TPSA) is 6.48 Å². The summed E-state index contributed by atoms with van der Waals surface area (Å²) >= 11 is 6.07. The van der Waals surface area contributed by atoms with Gasteiger partial charge in [-0.15, -0.1) is 0 Å². The molecule has 2 fully saturated rings. The Balaban J connectivity index is 1.47. The monoisotopic (exact) mass is 380 g/mol. The molecule has 0 saturated carbocycles. The van der Waals surface area contributed by atoms with Gasteiger partial charge in [-0.25, -0.2) is 0 Å². The van der Waals surface area contributed by atoms with Crippen LogP contribution in [0.2, 0.25) is 5.02 Å². The van der Waals surface area contributed by atoms with E-state index in [-0.39, 0.29) is 0 Å². The number of alkyl halides is 3. The molecule has 138 valence electrons. The number of hydrogen-bond donors (Lipinski definition) is 0. The highest BCUT2D eigenvalue weighted by Gasteiger charge is 2.40. The van der Waals surface area contributed by atoms with Crippen LogP contribution in [0, 0.1) is 0 Å². The fraction of sp³-hybridized carbons (Fsp3) is 0.400. The summed E-state index contributed by atoms with van der Waals surface area (Å²) < 4.78 is 38.4. The summed E-state index contributed by atoms with van der Waals surface area (Å²) in [4.78, 5) is 4.74. The maximum absolute atomic E-state index is 12.8. The number of halogens is 4. The number of nitrogens with zero attached hydrogens (tertiary/aromatic N) is 2. The predicted octanol–water partition coefficient (Wildman–Crippen LogP) is 5.21. The Bertz CT molecular complexity index is 761. The summed E-state index contributed by atoms with van der Waals surface area (Å²) in [6.45, 7) is 2.70. The van der Waals surface area contributed by atoms with Crippen molar-refractivity contribution in [3.63, 3.8) is 0 Å². The van der Waals surface area contributed by atoms with Gasteiger partial charge in [-0.05, 0) is 54.8 Å². The molecule has 0 aliphatic carbocycles. The fourth-order valence-corrected chi connectivity index (χ4v) is 4.47. The quantitative estimate of drug-likeness (QED) is 0.721. The number of benzene rings is 2. The number of hydrogen-bond acceptors (Lipinski definition) is 2. The van der Waals surface area contributed by atoms with Crippen LogP contribution < -0.4 is 4.90 Å². The number of likely N-dealkylation sites (tertiary alicyclic amines) is 1. The minimum absolute atomic E-state index is 0.352. The third-order valence-corrected chi connectivity index (χ3v) is 5.58. The van der Waals surface area contributed by atoms with Gasteiger partial charge in [0.15, 0.2) is 0 Å². The highest BCUT2D eigenvalue weighted by molar-refractivity contribution is 6.30. The lowest BCUT2D eigenvalue weighted by molar-refractivity contribution is -0.137. The molecule has 0 N–H and O–H groups in total. The standard InChI is InChI=1S/C20H20ClF3N2/c21-16-3-1-2-14(10-16)11-25-12-18-8-9-19(13-25)26(18)17-6-4-15(5-7-17)20(22,23)24/h1-7,10,18-19H,8-9,11-13H2. The Morgan fingerprint density at radius 3 is 2.19 bits per heavy atom. The molecule has 4 rings (SSSR count). The van der Waals surface area contributed by atoms with Gasteiger partial charge in [-0.2, -0.15) is 13.2 Å². The molecule has 0 amide bonds. The summed E-state index contributed by atoms with van der Waals surface area (Å²) in [6.07, 6.45) is -2.12. The smallest absolute Gasteiger partial charge is 0.363 e. The van der Waals surface area contributed by atoms with Crippen LogP contribution >= 0.6 is 11.6 Å². The molecule has 0 radical (unpaired) electrons. The first-order chi connectivity index (χ1) is 12.4. The van der Waals surface area contributed by atoms with Crippen molar-refractivity contribution >= 4 is 17.3 Å². The SMILES string of the molecule is FC(F)(F)c1ccc(N2C3CCC2CN(Cc2cccc(Cl)c2)C3)cc1.